The lowest BCUT2D eigenvalue weighted by Gasteiger charge is -2.11. The first kappa shape index (κ1) is 26.7. The Morgan fingerprint density at radius 3 is 1.56 bits per heavy atom. The number of nitrogens with zero attached hydrogens (tertiary/aromatic N) is 3. The summed E-state index contributed by atoms with van der Waals surface area (Å²) in [5.41, 5.74) is 11.6. The van der Waals surface area contributed by atoms with Crippen molar-refractivity contribution in [1.29, 1.82) is 0 Å². The zero-order valence-corrected chi connectivity index (χ0v) is 24.8. The highest BCUT2D eigenvalue weighted by atomic mass is 79.9. The average Bonchev–Trinajstić information content (AvgIpc) is 3.09. The molecule has 0 N–H and O–H groups in total. The number of halogens is 1. The summed E-state index contributed by atoms with van der Waals surface area (Å²) in [7, 11) is 0. The number of rotatable bonds is 6. The maximum Gasteiger partial charge on any atom is 0.160 e. The van der Waals surface area contributed by atoms with Gasteiger partial charge in [0.15, 0.2) is 5.82 Å². The van der Waals surface area contributed by atoms with E-state index in [0.29, 0.717) is 5.82 Å². The Kier molecular flexibility index (Phi) is 7.43. The van der Waals surface area contributed by atoms with E-state index in [0.717, 1.165) is 54.8 Å². The summed E-state index contributed by atoms with van der Waals surface area (Å²) in [5.74, 6) is 0.691. The van der Waals surface area contributed by atoms with Crippen molar-refractivity contribution in [2.24, 2.45) is 0 Å². The van der Waals surface area contributed by atoms with Crippen LogP contribution >= 0.6 is 15.9 Å². The van der Waals surface area contributed by atoms with Crippen LogP contribution in [-0.2, 0) is 0 Å². The minimum absolute atomic E-state index is 0.691. The van der Waals surface area contributed by atoms with Gasteiger partial charge in [0.1, 0.15) is 0 Å². The van der Waals surface area contributed by atoms with Crippen molar-refractivity contribution in [2.75, 3.05) is 0 Å². The van der Waals surface area contributed by atoms with Crippen molar-refractivity contribution < 1.29 is 0 Å². The fourth-order valence-corrected chi connectivity index (χ4v) is 5.63. The third-order valence-corrected chi connectivity index (χ3v) is 7.94. The second-order valence-electron chi connectivity index (χ2n) is 10.3. The molecule has 2 aromatic heterocycles. The standard InChI is InChI=1S/C39H26BrN3/c40-36-16-6-13-33(24-36)31-11-4-10-30(22-31)32-12-5-14-34(23-32)38-25-37(28-8-2-1-3-9-28)42-39(43-38)29-19-17-27(18-20-29)35-15-7-21-41-26-35/h1-26H. The van der Waals surface area contributed by atoms with Crippen molar-refractivity contribution in [3.05, 3.63) is 162 Å². The van der Waals surface area contributed by atoms with Crippen LogP contribution in [0.2, 0.25) is 0 Å². The molecule has 5 aromatic carbocycles. The van der Waals surface area contributed by atoms with E-state index in [2.05, 4.69) is 136 Å². The van der Waals surface area contributed by atoms with E-state index in [1.54, 1.807) is 6.20 Å². The van der Waals surface area contributed by atoms with E-state index in [-0.39, 0.29) is 0 Å². The van der Waals surface area contributed by atoms with Crippen LogP contribution in [0, 0.1) is 0 Å². The Morgan fingerprint density at radius 1 is 0.372 bits per heavy atom. The summed E-state index contributed by atoms with van der Waals surface area (Å²) in [6.45, 7) is 0. The molecule has 0 radical (unpaired) electrons. The normalized spacial score (nSPS) is 10.9. The molecular weight excluding hydrogens is 590 g/mol. The van der Waals surface area contributed by atoms with E-state index in [1.165, 1.54) is 11.1 Å². The molecule has 0 amide bonds. The van der Waals surface area contributed by atoms with Gasteiger partial charge in [-0.05, 0) is 69.8 Å². The summed E-state index contributed by atoms with van der Waals surface area (Å²) < 4.78 is 1.07. The maximum absolute atomic E-state index is 5.08. The molecule has 204 valence electrons. The Morgan fingerprint density at radius 2 is 0.907 bits per heavy atom. The van der Waals surface area contributed by atoms with Gasteiger partial charge in [0.05, 0.1) is 11.4 Å². The van der Waals surface area contributed by atoms with Gasteiger partial charge in [-0.2, -0.15) is 0 Å². The van der Waals surface area contributed by atoms with Gasteiger partial charge in [-0.1, -0.05) is 125 Å². The number of hydrogen-bond acceptors (Lipinski definition) is 3. The van der Waals surface area contributed by atoms with Crippen LogP contribution in [-0.4, -0.2) is 15.0 Å². The maximum atomic E-state index is 5.08. The fourth-order valence-electron chi connectivity index (χ4n) is 5.23. The molecule has 0 fully saturated rings. The third kappa shape index (κ3) is 5.92. The van der Waals surface area contributed by atoms with Crippen LogP contribution in [0.5, 0.6) is 0 Å². The molecule has 0 spiro atoms. The molecule has 0 saturated carbocycles. The molecule has 0 bridgehead atoms. The Hall–Kier alpha value is -5.19. The van der Waals surface area contributed by atoms with Gasteiger partial charge in [0.25, 0.3) is 0 Å². The van der Waals surface area contributed by atoms with E-state index < -0.39 is 0 Å². The summed E-state index contributed by atoms with van der Waals surface area (Å²) in [6, 6.07) is 50.4. The smallest absolute Gasteiger partial charge is 0.160 e. The highest BCUT2D eigenvalue weighted by Gasteiger charge is 2.12. The van der Waals surface area contributed by atoms with Gasteiger partial charge < -0.3 is 0 Å². The molecule has 2 heterocycles. The topological polar surface area (TPSA) is 38.7 Å². The first-order valence-electron chi connectivity index (χ1n) is 14.1. The molecule has 7 aromatic rings. The van der Waals surface area contributed by atoms with Crippen LogP contribution < -0.4 is 0 Å². The van der Waals surface area contributed by atoms with Crippen LogP contribution in [0.3, 0.4) is 0 Å². The molecular formula is C39H26BrN3. The predicted octanol–water partition coefficient (Wildman–Crippen LogP) is 10.6. The minimum Gasteiger partial charge on any atom is -0.264 e. The molecule has 0 aliphatic rings. The summed E-state index contributed by atoms with van der Waals surface area (Å²) >= 11 is 3.60. The lowest BCUT2D eigenvalue weighted by molar-refractivity contribution is 1.18. The monoisotopic (exact) mass is 615 g/mol. The van der Waals surface area contributed by atoms with Crippen molar-refractivity contribution in [3.8, 4) is 67.3 Å². The molecule has 0 saturated heterocycles. The van der Waals surface area contributed by atoms with Crippen molar-refractivity contribution in [2.45, 2.75) is 0 Å². The molecule has 0 aliphatic carbocycles. The predicted molar refractivity (Wildman–Crippen MR) is 180 cm³/mol. The zero-order valence-electron chi connectivity index (χ0n) is 23.2. The molecule has 3 nitrogen and oxygen atoms in total. The lowest BCUT2D eigenvalue weighted by atomic mass is 9.97. The van der Waals surface area contributed by atoms with E-state index >= 15 is 0 Å². The van der Waals surface area contributed by atoms with Gasteiger partial charge in [0, 0.05) is 33.6 Å². The highest BCUT2D eigenvalue weighted by molar-refractivity contribution is 9.10. The number of pyridine rings is 1. The van der Waals surface area contributed by atoms with E-state index in [4.69, 9.17) is 9.97 Å². The second-order valence-corrected chi connectivity index (χ2v) is 11.2. The van der Waals surface area contributed by atoms with Crippen LogP contribution in [0.15, 0.2) is 162 Å². The molecule has 0 atom stereocenters. The van der Waals surface area contributed by atoms with Crippen molar-refractivity contribution in [3.63, 3.8) is 0 Å². The molecule has 4 heteroatoms. The zero-order chi connectivity index (χ0) is 29.0. The van der Waals surface area contributed by atoms with E-state index in [9.17, 15) is 0 Å². The Balaban J connectivity index is 1.29. The highest BCUT2D eigenvalue weighted by Crippen LogP contribution is 2.33. The molecule has 43 heavy (non-hydrogen) atoms. The average molecular weight is 617 g/mol. The fraction of sp³-hybridized carbons (Fsp3) is 0. The number of benzene rings is 5. The summed E-state index contributed by atoms with van der Waals surface area (Å²) in [5, 5.41) is 0. The number of aromatic nitrogens is 3. The van der Waals surface area contributed by atoms with E-state index in [1.807, 2.05) is 36.5 Å². The molecule has 7 rings (SSSR count). The lowest BCUT2D eigenvalue weighted by Crippen LogP contribution is -1.96. The van der Waals surface area contributed by atoms with Crippen LogP contribution in [0.25, 0.3) is 67.3 Å². The summed E-state index contributed by atoms with van der Waals surface area (Å²) in [6.07, 6.45) is 3.66. The first-order valence-corrected chi connectivity index (χ1v) is 14.9. The third-order valence-electron chi connectivity index (χ3n) is 7.45. The van der Waals surface area contributed by atoms with Gasteiger partial charge in [0.2, 0.25) is 0 Å². The van der Waals surface area contributed by atoms with Gasteiger partial charge in [-0.3, -0.25) is 4.98 Å². The van der Waals surface area contributed by atoms with Gasteiger partial charge in [-0.25, -0.2) is 9.97 Å². The SMILES string of the molecule is Brc1cccc(-c2cccc(-c3cccc(-c4cc(-c5ccccc5)nc(-c5ccc(-c6cccnc6)cc5)n4)c3)c2)c1. The van der Waals surface area contributed by atoms with Crippen LogP contribution in [0.1, 0.15) is 0 Å². The Labute approximate surface area is 259 Å². The molecule has 0 unspecified atom stereocenters. The van der Waals surface area contributed by atoms with Gasteiger partial charge in [-0.15, -0.1) is 0 Å². The quantitative estimate of drug-likeness (QED) is 0.187. The largest absolute Gasteiger partial charge is 0.264 e. The van der Waals surface area contributed by atoms with Crippen LogP contribution in [0.4, 0.5) is 0 Å². The second kappa shape index (κ2) is 12.0. The number of hydrogen-bond donors (Lipinski definition) is 0. The summed E-state index contributed by atoms with van der Waals surface area (Å²) in [4.78, 5) is 14.3. The van der Waals surface area contributed by atoms with Crippen molar-refractivity contribution >= 4 is 15.9 Å². The minimum atomic E-state index is 0.691. The first-order chi connectivity index (χ1) is 21.2. The Bertz CT molecular complexity index is 2020. The van der Waals surface area contributed by atoms with Gasteiger partial charge >= 0.3 is 0 Å². The molecule has 0 aliphatic heterocycles. The van der Waals surface area contributed by atoms with Crippen molar-refractivity contribution in [1.82, 2.24) is 15.0 Å².